The summed E-state index contributed by atoms with van der Waals surface area (Å²) in [7, 11) is 0. The van der Waals surface area contributed by atoms with Gasteiger partial charge in [-0.1, -0.05) is 12.1 Å². The lowest BCUT2D eigenvalue weighted by atomic mass is 10.2. The van der Waals surface area contributed by atoms with Crippen molar-refractivity contribution in [3.63, 3.8) is 0 Å². The third kappa shape index (κ3) is 2.43. The van der Waals surface area contributed by atoms with Crippen molar-refractivity contribution in [2.75, 3.05) is 31.2 Å². The Morgan fingerprint density at radius 3 is 2.79 bits per heavy atom. The van der Waals surface area contributed by atoms with Crippen LogP contribution in [0.1, 0.15) is 17.8 Å². The van der Waals surface area contributed by atoms with Crippen LogP contribution in [-0.4, -0.2) is 46.1 Å². The minimum Gasteiger partial charge on any atom is -0.378 e. The second kappa shape index (κ2) is 5.86. The highest BCUT2D eigenvalue weighted by molar-refractivity contribution is 5.81. The number of aromatic nitrogens is 4. The number of H-pyrrole nitrogens is 1. The molecule has 1 aliphatic rings. The fraction of sp³-hybridized carbons (Fsp3) is 0.375. The average Bonchev–Trinajstić information content (AvgIpc) is 3.20. The van der Waals surface area contributed by atoms with E-state index >= 15 is 0 Å². The number of alkyl halides is 2. The first-order valence-electron chi connectivity index (χ1n) is 7.80. The number of imidazole rings is 1. The number of hydrogen-bond donors (Lipinski definition) is 1. The maximum Gasteiger partial charge on any atom is 0.296 e. The van der Waals surface area contributed by atoms with Crippen LogP contribution in [-0.2, 0) is 4.74 Å². The van der Waals surface area contributed by atoms with Crippen molar-refractivity contribution in [1.29, 1.82) is 0 Å². The molecule has 1 aromatic carbocycles. The van der Waals surface area contributed by atoms with Crippen LogP contribution in [0.15, 0.2) is 24.3 Å². The molecule has 0 unspecified atom stereocenters. The molecule has 0 radical (unpaired) electrons. The van der Waals surface area contributed by atoms with Crippen molar-refractivity contribution in [2.45, 2.75) is 13.3 Å². The van der Waals surface area contributed by atoms with Gasteiger partial charge < -0.3 is 9.64 Å². The Morgan fingerprint density at radius 1 is 1.25 bits per heavy atom. The largest absolute Gasteiger partial charge is 0.378 e. The molecular formula is C16H17F2N5O. The Morgan fingerprint density at radius 2 is 2.04 bits per heavy atom. The van der Waals surface area contributed by atoms with Crippen molar-refractivity contribution < 1.29 is 13.5 Å². The van der Waals surface area contributed by atoms with Gasteiger partial charge in [0.2, 0.25) is 0 Å². The molecule has 3 heterocycles. The number of benzene rings is 1. The Labute approximate surface area is 137 Å². The van der Waals surface area contributed by atoms with Gasteiger partial charge in [0.05, 0.1) is 24.2 Å². The maximum absolute atomic E-state index is 13.5. The summed E-state index contributed by atoms with van der Waals surface area (Å²) in [6, 6.07) is 7.27. The summed E-state index contributed by atoms with van der Waals surface area (Å²) in [4.78, 5) is 6.21. The van der Waals surface area contributed by atoms with Gasteiger partial charge in [-0.05, 0) is 18.6 Å². The van der Waals surface area contributed by atoms with Crippen LogP contribution in [0.25, 0.3) is 16.9 Å². The van der Waals surface area contributed by atoms with Crippen molar-refractivity contribution in [1.82, 2.24) is 19.7 Å². The number of ether oxygens (including phenoxy) is 1. The molecule has 8 heteroatoms. The number of nitrogens with one attached hydrogen (secondary N) is 1. The summed E-state index contributed by atoms with van der Waals surface area (Å²) in [6.07, 6.45) is -2.67. The lowest BCUT2D eigenvalue weighted by molar-refractivity contribution is 0.122. The van der Waals surface area contributed by atoms with Crippen LogP contribution in [0.3, 0.4) is 0 Å². The van der Waals surface area contributed by atoms with Gasteiger partial charge in [-0.15, -0.1) is 0 Å². The fourth-order valence-electron chi connectivity index (χ4n) is 3.03. The predicted octanol–water partition coefficient (Wildman–Crippen LogP) is 2.83. The maximum atomic E-state index is 13.5. The normalized spacial score (nSPS) is 15.6. The lowest BCUT2D eigenvalue weighted by Crippen LogP contribution is -2.36. The predicted molar refractivity (Wildman–Crippen MR) is 85.9 cm³/mol. The zero-order valence-electron chi connectivity index (χ0n) is 13.2. The minimum atomic E-state index is -2.67. The van der Waals surface area contributed by atoms with E-state index in [4.69, 9.17) is 4.74 Å². The summed E-state index contributed by atoms with van der Waals surface area (Å²) in [5.74, 6) is 0.930. The summed E-state index contributed by atoms with van der Waals surface area (Å²) in [6.45, 7) is 4.60. The smallest absolute Gasteiger partial charge is 0.296 e. The molecule has 2 aromatic heterocycles. The van der Waals surface area contributed by atoms with Crippen molar-refractivity contribution in [3.8, 4) is 5.82 Å². The van der Waals surface area contributed by atoms with Crippen LogP contribution in [0.2, 0.25) is 0 Å². The number of rotatable bonds is 3. The number of aryl methyl sites for hydroxylation is 1. The van der Waals surface area contributed by atoms with Crippen LogP contribution in [0, 0.1) is 6.92 Å². The molecule has 4 rings (SSSR count). The van der Waals surface area contributed by atoms with Gasteiger partial charge in [-0.3, -0.25) is 9.67 Å². The number of fused-ring (bicyclic) bond motifs is 1. The first-order chi connectivity index (χ1) is 11.6. The highest BCUT2D eigenvalue weighted by atomic mass is 19.3. The molecule has 0 spiro atoms. The van der Waals surface area contributed by atoms with Crippen molar-refractivity contribution in [2.24, 2.45) is 0 Å². The average molecular weight is 333 g/mol. The first kappa shape index (κ1) is 15.1. The summed E-state index contributed by atoms with van der Waals surface area (Å²) in [5.41, 5.74) is 2.08. The third-order valence-corrected chi connectivity index (χ3v) is 4.23. The van der Waals surface area contributed by atoms with E-state index in [1.165, 1.54) is 4.57 Å². The topological polar surface area (TPSA) is 59.0 Å². The number of halogens is 2. The number of nitrogens with zero attached hydrogens (tertiary/aromatic N) is 4. The van der Waals surface area contributed by atoms with Crippen molar-refractivity contribution in [3.05, 3.63) is 35.7 Å². The summed E-state index contributed by atoms with van der Waals surface area (Å²) < 4.78 is 33.8. The highest BCUT2D eigenvalue weighted by Gasteiger charge is 2.23. The zero-order valence-corrected chi connectivity index (χ0v) is 13.2. The molecule has 126 valence electrons. The van der Waals surface area contributed by atoms with Crippen LogP contribution >= 0.6 is 0 Å². The molecule has 1 fully saturated rings. The van der Waals surface area contributed by atoms with Gasteiger partial charge in [0, 0.05) is 19.2 Å². The fourth-order valence-corrected chi connectivity index (χ4v) is 3.03. The van der Waals surface area contributed by atoms with Gasteiger partial charge >= 0.3 is 0 Å². The molecule has 1 aliphatic heterocycles. The Kier molecular flexibility index (Phi) is 3.68. The summed E-state index contributed by atoms with van der Waals surface area (Å²) >= 11 is 0. The molecule has 3 aromatic rings. The van der Waals surface area contributed by atoms with Crippen LogP contribution < -0.4 is 4.90 Å². The van der Waals surface area contributed by atoms with Crippen LogP contribution in [0.4, 0.5) is 14.6 Å². The number of anilines is 1. The van der Waals surface area contributed by atoms with E-state index in [2.05, 4.69) is 20.1 Å². The van der Waals surface area contributed by atoms with Gasteiger partial charge in [0.1, 0.15) is 5.82 Å². The van der Waals surface area contributed by atoms with Gasteiger partial charge in [-0.25, -0.2) is 13.8 Å². The van der Waals surface area contributed by atoms with E-state index in [0.29, 0.717) is 30.1 Å². The second-order valence-electron chi connectivity index (χ2n) is 5.76. The quantitative estimate of drug-likeness (QED) is 0.801. The van der Waals surface area contributed by atoms with Gasteiger partial charge in [-0.2, -0.15) is 5.10 Å². The second-order valence-corrected chi connectivity index (χ2v) is 5.76. The molecule has 1 N–H and O–H groups in total. The van der Waals surface area contributed by atoms with Gasteiger partial charge in [0.25, 0.3) is 6.43 Å². The Hall–Kier alpha value is -2.48. The molecule has 6 nitrogen and oxygen atoms in total. The SMILES string of the molecule is Cc1cccc2c1nc(C(F)F)n2-c1cc(N2CCOCC2)n[nH]1. The number of aromatic amines is 1. The van der Waals surface area contributed by atoms with E-state index in [1.54, 1.807) is 12.1 Å². The highest BCUT2D eigenvalue weighted by Crippen LogP contribution is 2.29. The minimum absolute atomic E-state index is 0.281. The van der Waals surface area contributed by atoms with Crippen molar-refractivity contribution >= 4 is 16.9 Å². The third-order valence-electron chi connectivity index (χ3n) is 4.23. The molecule has 0 saturated carbocycles. The molecule has 1 saturated heterocycles. The standard InChI is InChI=1S/C16H17F2N5O/c1-10-3-2-4-11-14(10)19-16(15(17)18)23(11)13-9-12(20-21-13)22-5-7-24-8-6-22/h2-4,9,15H,5-8H2,1H3,(H,20,21). The molecule has 0 bridgehead atoms. The van der Waals surface area contributed by atoms with E-state index in [0.717, 1.165) is 24.5 Å². The number of para-hydroxylation sites is 1. The molecule has 24 heavy (non-hydrogen) atoms. The van der Waals surface area contributed by atoms with E-state index in [-0.39, 0.29) is 5.82 Å². The number of morpholine rings is 1. The molecule has 0 amide bonds. The first-order valence-corrected chi connectivity index (χ1v) is 7.80. The van der Waals surface area contributed by atoms with Gasteiger partial charge in [0.15, 0.2) is 11.6 Å². The van der Waals surface area contributed by atoms with E-state index in [9.17, 15) is 8.78 Å². The Balaban J connectivity index is 1.82. The summed E-state index contributed by atoms with van der Waals surface area (Å²) in [5, 5.41) is 7.15. The van der Waals surface area contributed by atoms with E-state index in [1.807, 2.05) is 19.1 Å². The van der Waals surface area contributed by atoms with E-state index < -0.39 is 6.43 Å². The molecule has 0 aliphatic carbocycles. The Bertz CT molecular complexity index is 867. The molecular weight excluding hydrogens is 316 g/mol. The molecule has 0 atom stereocenters. The zero-order chi connectivity index (χ0) is 16.7. The monoisotopic (exact) mass is 333 g/mol. The van der Waals surface area contributed by atoms with Crippen LogP contribution in [0.5, 0.6) is 0 Å². The number of hydrogen-bond acceptors (Lipinski definition) is 4. The lowest BCUT2D eigenvalue weighted by Gasteiger charge is -2.26.